The topological polar surface area (TPSA) is 84.8 Å². The first-order valence-corrected chi connectivity index (χ1v) is 10.1. The monoisotopic (exact) mass is 479 g/mol. The number of thiocarbonyl (C=S) groups is 1. The maximum atomic E-state index is 12.2. The molecular formula is C21H19Cl2N3O4S. The molecule has 7 nitrogen and oxygen atoms in total. The lowest BCUT2D eigenvalue weighted by Gasteiger charge is -2.17. The zero-order chi connectivity index (χ0) is 22.5. The molecule has 31 heavy (non-hydrogen) atoms. The van der Waals surface area contributed by atoms with E-state index in [1.165, 1.54) is 20.5 Å². The molecule has 0 saturated carbocycles. The van der Waals surface area contributed by atoms with E-state index >= 15 is 0 Å². The minimum Gasteiger partial charge on any atom is -0.495 e. The van der Waals surface area contributed by atoms with Gasteiger partial charge in [0.2, 0.25) is 0 Å². The van der Waals surface area contributed by atoms with Gasteiger partial charge in [0.25, 0.3) is 5.91 Å². The Morgan fingerprint density at radius 2 is 1.61 bits per heavy atom. The summed E-state index contributed by atoms with van der Waals surface area (Å²) >= 11 is 18.0. The zero-order valence-electron chi connectivity index (χ0n) is 16.8. The second-order valence-electron chi connectivity index (χ2n) is 6.34. The van der Waals surface area contributed by atoms with Gasteiger partial charge in [0.1, 0.15) is 11.5 Å². The molecule has 0 aliphatic rings. The highest BCUT2D eigenvalue weighted by atomic mass is 35.5. The van der Waals surface area contributed by atoms with E-state index in [4.69, 9.17) is 49.3 Å². The van der Waals surface area contributed by atoms with Gasteiger partial charge >= 0.3 is 0 Å². The van der Waals surface area contributed by atoms with Crippen LogP contribution in [-0.4, -0.2) is 25.2 Å². The van der Waals surface area contributed by atoms with Crippen molar-refractivity contribution < 1.29 is 18.7 Å². The van der Waals surface area contributed by atoms with E-state index in [-0.39, 0.29) is 16.8 Å². The smallest absolute Gasteiger partial charge is 0.291 e. The molecule has 3 aromatic rings. The number of ether oxygens (including phenoxy) is 2. The highest BCUT2D eigenvalue weighted by Crippen LogP contribution is 2.36. The fourth-order valence-corrected chi connectivity index (χ4v) is 3.41. The first-order valence-electron chi connectivity index (χ1n) is 8.97. The van der Waals surface area contributed by atoms with Crippen LogP contribution in [-0.2, 0) is 0 Å². The summed E-state index contributed by atoms with van der Waals surface area (Å²) in [6, 6.07) is 9.92. The number of methoxy groups -OCH3 is 2. The van der Waals surface area contributed by atoms with Gasteiger partial charge in [-0.2, -0.15) is 0 Å². The number of rotatable bonds is 6. The van der Waals surface area contributed by atoms with Crippen LogP contribution in [0.5, 0.6) is 11.5 Å². The Morgan fingerprint density at radius 3 is 2.26 bits per heavy atom. The van der Waals surface area contributed by atoms with Crippen molar-refractivity contribution in [2.75, 3.05) is 30.2 Å². The van der Waals surface area contributed by atoms with Crippen LogP contribution in [0.2, 0.25) is 10.0 Å². The largest absolute Gasteiger partial charge is 0.495 e. The summed E-state index contributed by atoms with van der Waals surface area (Å²) in [5, 5.41) is 9.87. The fourth-order valence-electron chi connectivity index (χ4n) is 2.74. The first kappa shape index (κ1) is 22.7. The molecule has 0 spiro atoms. The molecule has 1 aromatic heterocycles. The molecule has 0 radical (unpaired) electrons. The Hall–Kier alpha value is -2.94. The van der Waals surface area contributed by atoms with Gasteiger partial charge in [-0.3, -0.25) is 4.79 Å². The standard InChI is InChI=1S/C21H19Cl2N3O4S/c1-11-7-15(12(22)8-14(11)24-20(27)17-5-4-6-30-17)25-21(31)26-16-9-13(23)18(28-2)10-19(16)29-3/h4-10H,1-3H3,(H,24,27)(H2,25,26,31). The third kappa shape index (κ3) is 5.41. The Balaban J connectivity index is 1.74. The van der Waals surface area contributed by atoms with Crippen LogP contribution >= 0.6 is 35.4 Å². The van der Waals surface area contributed by atoms with E-state index in [1.807, 2.05) is 6.92 Å². The van der Waals surface area contributed by atoms with Crippen molar-refractivity contribution in [3.05, 3.63) is 64.0 Å². The Kier molecular flexibility index (Phi) is 7.27. The van der Waals surface area contributed by atoms with E-state index in [0.717, 1.165) is 5.56 Å². The predicted molar refractivity (Wildman–Crippen MR) is 127 cm³/mol. The molecule has 1 heterocycles. The average molecular weight is 480 g/mol. The molecule has 1 amide bonds. The molecule has 10 heteroatoms. The number of carbonyl (C=O) groups excluding carboxylic acids is 1. The molecule has 0 aliphatic heterocycles. The predicted octanol–water partition coefficient (Wildman–Crippen LogP) is 5.97. The summed E-state index contributed by atoms with van der Waals surface area (Å²) in [6.07, 6.45) is 1.43. The lowest BCUT2D eigenvalue weighted by Crippen LogP contribution is -2.20. The summed E-state index contributed by atoms with van der Waals surface area (Å²) in [6.45, 7) is 1.84. The number of nitrogens with one attached hydrogen (secondary N) is 3. The van der Waals surface area contributed by atoms with Crippen molar-refractivity contribution >= 4 is 63.5 Å². The van der Waals surface area contributed by atoms with Gasteiger partial charge in [-0.15, -0.1) is 0 Å². The molecule has 0 unspecified atom stereocenters. The normalized spacial score (nSPS) is 10.4. The van der Waals surface area contributed by atoms with Gasteiger partial charge in [0.15, 0.2) is 10.9 Å². The van der Waals surface area contributed by atoms with Gasteiger partial charge < -0.3 is 29.8 Å². The van der Waals surface area contributed by atoms with Crippen LogP contribution in [0.25, 0.3) is 0 Å². The Labute approximate surface area is 194 Å². The molecule has 162 valence electrons. The van der Waals surface area contributed by atoms with Crippen LogP contribution in [0, 0.1) is 6.92 Å². The van der Waals surface area contributed by atoms with E-state index < -0.39 is 0 Å². The van der Waals surface area contributed by atoms with Crippen LogP contribution < -0.4 is 25.4 Å². The fraction of sp³-hybridized carbons (Fsp3) is 0.143. The van der Waals surface area contributed by atoms with Crippen LogP contribution in [0.1, 0.15) is 16.1 Å². The maximum absolute atomic E-state index is 12.2. The van der Waals surface area contributed by atoms with E-state index in [2.05, 4.69) is 16.0 Å². The molecule has 0 bridgehead atoms. The first-order chi connectivity index (χ1) is 14.8. The molecule has 0 atom stereocenters. The van der Waals surface area contributed by atoms with Gasteiger partial charge in [0.05, 0.1) is 41.9 Å². The summed E-state index contributed by atoms with van der Waals surface area (Å²) in [5.41, 5.74) is 2.45. The van der Waals surface area contributed by atoms with Crippen LogP contribution in [0.15, 0.2) is 47.1 Å². The molecule has 0 fully saturated rings. The van der Waals surface area contributed by atoms with Crippen molar-refractivity contribution in [2.45, 2.75) is 6.92 Å². The Morgan fingerprint density at radius 1 is 0.935 bits per heavy atom. The van der Waals surface area contributed by atoms with Crippen molar-refractivity contribution in [1.29, 1.82) is 0 Å². The number of benzene rings is 2. The second kappa shape index (κ2) is 9.91. The molecule has 0 aliphatic carbocycles. The molecular weight excluding hydrogens is 461 g/mol. The second-order valence-corrected chi connectivity index (χ2v) is 7.57. The van der Waals surface area contributed by atoms with E-state index in [1.54, 1.807) is 36.4 Å². The minimum atomic E-state index is -0.370. The van der Waals surface area contributed by atoms with Gasteiger partial charge in [-0.05, 0) is 55.0 Å². The summed E-state index contributed by atoms with van der Waals surface area (Å²) in [5.74, 6) is 0.818. The molecule has 0 saturated heterocycles. The third-order valence-corrected chi connectivity index (χ3v) is 5.09. The maximum Gasteiger partial charge on any atom is 0.291 e. The molecule has 2 aromatic carbocycles. The number of halogens is 2. The summed E-state index contributed by atoms with van der Waals surface area (Å²) < 4.78 is 15.7. The number of anilines is 3. The summed E-state index contributed by atoms with van der Waals surface area (Å²) in [4.78, 5) is 12.2. The molecule has 3 N–H and O–H groups in total. The number of aryl methyl sites for hydroxylation is 1. The minimum absolute atomic E-state index is 0.204. The number of hydrogen-bond acceptors (Lipinski definition) is 5. The van der Waals surface area contributed by atoms with Crippen molar-refractivity contribution in [3.63, 3.8) is 0 Å². The van der Waals surface area contributed by atoms with Crippen molar-refractivity contribution in [3.8, 4) is 11.5 Å². The lowest BCUT2D eigenvalue weighted by molar-refractivity contribution is 0.0996. The van der Waals surface area contributed by atoms with Crippen LogP contribution in [0.3, 0.4) is 0 Å². The van der Waals surface area contributed by atoms with Gasteiger partial charge in [-0.1, -0.05) is 23.2 Å². The van der Waals surface area contributed by atoms with Gasteiger partial charge in [0, 0.05) is 11.8 Å². The van der Waals surface area contributed by atoms with Crippen molar-refractivity contribution in [1.82, 2.24) is 0 Å². The van der Waals surface area contributed by atoms with E-state index in [9.17, 15) is 4.79 Å². The quantitative estimate of drug-likeness (QED) is 0.375. The summed E-state index contributed by atoms with van der Waals surface area (Å²) in [7, 11) is 3.05. The van der Waals surface area contributed by atoms with Gasteiger partial charge in [-0.25, -0.2) is 0 Å². The number of carbonyl (C=O) groups is 1. The SMILES string of the molecule is COc1cc(OC)c(NC(=S)Nc2cc(C)c(NC(=O)c3ccco3)cc2Cl)cc1Cl. The Bertz CT molecular complexity index is 1120. The lowest BCUT2D eigenvalue weighted by atomic mass is 10.1. The van der Waals surface area contributed by atoms with Crippen molar-refractivity contribution in [2.24, 2.45) is 0 Å². The van der Waals surface area contributed by atoms with E-state index in [0.29, 0.717) is 38.6 Å². The number of amides is 1. The third-order valence-electron chi connectivity index (χ3n) is 4.28. The number of furan rings is 1. The molecule has 3 rings (SSSR count). The highest BCUT2D eigenvalue weighted by molar-refractivity contribution is 7.80. The zero-order valence-corrected chi connectivity index (χ0v) is 19.2. The highest BCUT2D eigenvalue weighted by Gasteiger charge is 2.15. The van der Waals surface area contributed by atoms with Crippen LogP contribution in [0.4, 0.5) is 17.1 Å². The number of hydrogen-bond donors (Lipinski definition) is 3. The average Bonchev–Trinajstić information content (AvgIpc) is 3.27.